The molecular formula is C15H22BrN3O2. The number of halogens is 1. The van der Waals surface area contributed by atoms with Crippen molar-refractivity contribution in [1.82, 2.24) is 10.6 Å². The minimum absolute atomic E-state index is 0.0887. The highest BCUT2D eigenvalue weighted by atomic mass is 79.9. The SMILES string of the molecule is COCCNCc1ccc(Br)cc1N1CCCNC(=O)C1. The second-order valence-electron chi connectivity index (χ2n) is 5.07. The number of rotatable bonds is 6. The molecule has 0 bridgehead atoms. The molecule has 1 heterocycles. The van der Waals surface area contributed by atoms with Gasteiger partial charge in [0.2, 0.25) is 5.91 Å². The summed E-state index contributed by atoms with van der Waals surface area (Å²) in [5.74, 6) is 0.0887. The number of carbonyl (C=O) groups excluding carboxylic acids is 1. The van der Waals surface area contributed by atoms with Gasteiger partial charge in [-0.05, 0) is 24.1 Å². The molecule has 1 fully saturated rings. The van der Waals surface area contributed by atoms with Crippen LogP contribution >= 0.6 is 15.9 Å². The van der Waals surface area contributed by atoms with Crippen LogP contribution in [0.2, 0.25) is 0 Å². The zero-order chi connectivity index (χ0) is 15.1. The first kappa shape index (κ1) is 16.3. The van der Waals surface area contributed by atoms with Gasteiger partial charge in [-0.15, -0.1) is 0 Å². The van der Waals surface area contributed by atoms with E-state index in [9.17, 15) is 4.79 Å². The third-order valence-electron chi connectivity index (χ3n) is 3.45. The Morgan fingerprint density at radius 2 is 2.33 bits per heavy atom. The molecule has 2 rings (SSSR count). The molecule has 2 N–H and O–H groups in total. The standard InChI is InChI=1S/C15H22BrN3O2/c1-21-8-6-17-10-12-3-4-13(16)9-14(12)19-7-2-5-18-15(20)11-19/h3-4,9,17H,2,5-8,10-11H2,1H3,(H,18,20). The van der Waals surface area contributed by atoms with Crippen LogP contribution < -0.4 is 15.5 Å². The summed E-state index contributed by atoms with van der Waals surface area (Å²) >= 11 is 3.52. The molecule has 116 valence electrons. The maximum Gasteiger partial charge on any atom is 0.239 e. The molecule has 6 heteroatoms. The molecule has 1 aliphatic heterocycles. The molecular weight excluding hydrogens is 334 g/mol. The highest BCUT2D eigenvalue weighted by Gasteiger charge is 2.17. The number of hydrogen-bond acceptors (Lipinski definition) is 4. The van der Waals surface area contributed by atoms with Crippen molar-refractivity contribution in [3.05, 3.63) is 28.2 Å². The van der Waals surface area contributed by atoms with Crippen molar-refractivity contribution >= 4 is 27.5 Å². The minimum atomic E-state index is 0.0887. The molecule has 0 spiro atoms. The predicted octanol–water partition coefficient (Wildman–Crippen LogP) is 1.51. The maximum atomic E-state index is 11.8. The molecule has 1 amide bonds. The molecule has 0 radical (unpaired) electrons. The summed E-state index contributed by atoms with van der Waals surface area (Å²) in [7, 11) is 1.70. The van der Waals surface area contributed by atoms with Crippen LogP contribution in [0.25, 0.3) is 0 Å². The summed E-state index contributed by atoms with van der Waals surface area (Å²) in [6.07, 6.45) is 0.967. The number of benzene rings is 1. The number of amides is 1. The lowest BCUT2D eigenvalue weighted by molar-refractivity contribution is -0.119. The Balaban J connectivity index is 2.11. The monoisotopic (exact) mass is 355 g/mol. The van der Waals surface area contributed by atoms with E-state index in [1.54, 1.807) is 7.11 Å². The number of carbonyl (C=O) groups is 1. The van der Waals surface area contributed by atoms with E-state index in [0.717, 1.165) is 42.8 Å². The fourth-order valence-electron chi connectivity index (χ4n) is 2.39. The van der Waals surface area contributed by atoms with E-state index < -0.39 is 0 Å². The van der Waals surface area contributed by atoms with Gasteiger partial charge >= 0.3 is 0 Å². The molecule has 1 aromatic rings. The van der Waals surface area contributed by atoms with Crippen LogP contribution in [-0.4, -0.2) is 45.8 Å². The summed E-state index contributed by atoms with van der Waals surface area (Å²) in [6, 6.07) is 6.22. The molecule has 5 nitrogen and oxygen atoms in total. The number of nitrogens with zero attached hydrogens (tertiary/aromatic N) is 1. The Bertz CT molecular complexity index is 482. The van der Waals surface area contributed by atoms with Crippen molar-refractivity contribution in [2.75, 3.05) is 44.8 Å². The van der Waals surface area contributed by atoms with Crippen molar-refractivity contribution in [2.45, 2.75) is 13.0 Å². The van der Waals surface area contributed by atoms with Crippen LogP contribution in [0.15, 0.2) is 22.7 Å². The zero-order valence-electron chi connectivity index (χ0n) is 12.3. The highest BCUT2D eigenvalue weighted by molar-refractivity contribution is 9.10. The first-order valence-electron chi connectivity index (χ1n) is 7.20. The van der Waals surface area contributed by atoms with E-state index in [1.807, 2.05) is 6.07 Å². The fraction of sp³-hybridized carbons (Fsp3) is 0.533. The highest BCUT2D eigenvalue weighted by Crippen LogP contribution is 2.26. The first-order valence-corrected chi connectivity index (χ1v) is 7.99. The number of hydrogen-bond donors (Lipinski definition) is 2. The number of nitrogens with one attached hydrogen (secondary N) is 2. The third-order valence-corrected chi connectivity index (χ3v) is 3.94. The summed E-state index contributed by atoms with van der Waals surface area (Å²) in [5.41, 5.74) is 2.32. The topological polar surface area (TPSA) is 53.6 Å². The van der Waals surface area contributed by atoms with E-state index in [1.165, 1.54) is 5.56 Å². The minimum Gasteiger partial charge on any atom is -0.383 e. The van der Waals surface area contributed by atoms with E-state index in [4.69, 9.17) is 4.74 Å². The molecule has 1 aliphatic rings. The Hall–Kier alpha value is -1.11. The summed E-state index contributed by atoms with van der Waals surface area (Å²) < 4.78 is 6.07. The average Bonchev–Trinajstić information content (AvgIpc) is 2.69. The van der Waals surface area contributed by atoms with Gasteiger partial charge in [0.1, 0.15) is 0 Å². The van der Waals surface area contributed by atoms with Crippen LogP contribution in [0.1, 0.15) is 12.0 Å². The van der Waals surface area contributed by atoms with Gasteiger partial charge in [0.05, 0.1) is 13.2 Å². The van der Waals surface area contributed by atoms with Crippen LogP contribution in [0, 0.1) is 0 Å². The lowest BCUT2D eigenvalue weighted by Crippen LogP contribution is -2.34. The van der Waals surface area contributed by atoms with Gasteiger partial charge in [0.25, 0.3) is 0 Å². The van der Waals surface area contributed by atoms with Crippen LogP contribution in [0.5, 0.6) is 0 Å². The van der Waals surface area contributed by atoms with E-state index in [-0.39, 0.29) is 5.91 Å². The Morgan fingerprint density at radius 3 is 3.14 bits per heavy atom. The van der Waals surface area contributed by atoms with E-state index in [2.05, 4.69) is 43.6 Å². The first-order chi connectivity index (χ1) is 10.2. The van der Waals surface area contributed by atoms with Crippen molar-refractivity contribution in [3.63, 3.8) is 0 Å². The maximum absolute atomic E-state index is 11.8. The molecule has 0 unspecified atom stereocenters. The summed E-state index contributed by atoms with van der Waals surface area (Å²) in [6.45, 7) is 4.33. The Kier molecular flexibility index (Phi) is 6.48. The summed E-state index contributed by atoms with van der Waals surface area (Å²) in [5, 5.41) is 6.27. The van der Waals surface area contributed by atoms with Gasteiger partial charge in [-0.2, -0.15) is 0 Å². The second-order valence-corrected chi connectivity index (χ2v) is 5.98. The number of anilines is 1. The van der Waals surface area contributed by atoms with Gasteiger partial charge in [-0.3, -0.25) is 4.79 Å². The van der Waals surface area contributed by atoms with Crippen LogP contribution in [-0.2, 0) is 16.1 Å². The molecule has 0 aromatic heterocycles. The zero-order valence-corrected chi connectivity index (χ0v) is 13.9. The predicted molar refractivity (Wildman–Crippen MR) is 87.6 cm³/mol. The molecule has 0 saturated carbocycles. The summed E-state index contributed by atoms with van der Waals surface area (Å²) in [4.78, 5) is 13.9. The molecule has 1 saturated heterocycles. The largest absolute Gasteiger partial charge is 0.383 e. The van der Waals surface area contributed by atoms with Gasteiger partial charge in [-0.1, -0.05) is 22.0 Å². The third kappa shape index (κ3) is 4.98. The van der Waals surface area contributed by atoms with Gasteiger partial charge in [0, 0.05) is 43.4 Å². The quantitative estimate of drug-likeness (QED) is 0.759. The molecule has 21 heavy (non-hydrogen) atoms. The van der Waals surface area contributed by atoms with Crippen molar-refractivity contribution in [1.29, 1.82) is 0 Å². The average molecular weight is 356 g/mol. The van der Waals surface area contributed by atoms with Crippen molar-refractivity contribution < 1.29 is 9.53 Å². The fourth-order valence-corrected chi connectivity index (χ4v) is 2.74. The van der Waals surface area contributed by atoms with E-state index in [0.29, 0.717) is 13.2 Å². The van der Waals surface area contributed by atoms with E-state index >= 15 is 0 Å². The Labute approximate surface area is 134 Å². The van der Waals surface area contributed by atoms with Crippen molar-refractivity contribution in [3.8, 4) is 0 Å². The Morgan fingerprint density at radius 1 is 1.48 bits per heavy atom. The lowest BCUT2D eigenvalue weighted by atomic mass is 10.1. The molecule has 0 atom stereocenters. The van der Waals surface area contributed by atoms with Gasteiger partial charge in [-0.25, -0.2) is 0 Å². The number of methoxy groups -OCH3 is 1. The lowest BCUT2D eigenvalue weighted by Gasteiger charge is -2.25. The van der Waals surface area contributed by atoms with Crippen molar-refractivity contribution in [2.24, 2.45) is 0 Å². The van der Waals surface area contributed by atoms with Crippen LogP contribution in [0.4, 0.5) is 5.69 Å². The normalized spacial score (nSPS) is 15.7. The molecule has 0 aliphatic carbocycles. The van der Waals surface area contributed by atoms with Gasteiger partial charge in [0.15, 0.2) is 0 Å². The smallest absolute Gasteiger partial charge is 0.239 e. The molecule has 1 aromatic carbocycles. The second kappa shape index (κ2) is 8.36. The van der Waals surface area contributed by atoms with Crippen LogP contribution in [0.3, 0.4) is 0 Å². The van der Waals surface area contributed by atoms with Gasteiger partial charge < -0.3 is 20.3 Å². The number of ether oxygens (including phenoxy) is 1.